The van der Waals surface area contributed by atoms with E-state index in [-0.39, 0.29) is 0 Å². The van der Waals surface area contributed by atoms with Crippen LogP contribution in [0.4, 0.5) is 0 Å². The Bertz CT molecular complexity index is 547. The summed E-state index contributed by atoms with van der Waals surface area (Å²) in [6.07, 6.45) is 2.39. The SMILES string of the molecule is CCCC(NC)c1ccc(-c2ccc(Br)cc2C)s1. The Hall–Kier alpha value is -0.640. The molecule has 0 aliphatic heterocycles. The molecule has 19 heavy (non-hydrogen) atoms. The number of halogens is 1. The van der Waals surface area contributed by atoms with Crippen LogP contribution in [0, 0.1) is 6.92 Å². The van der Waals surface area contributed by atoms with E-state index in [2.05, 4.69) is 65.4 Å². The Morgan fingerprint density at radius 1 is 1.26 bits per heavy atom. The molecule has 1 unspecified atom stereocenters. The second-order valence-electron chi connectivity index (χ2n) is 4.79. The summed E-state index contributed by atoms with van der Waals surface area (Å²) in [5.74, 6) is 0. The van der Waals surface area contributed by atoms with Crippen LogP contribution < -0.4 is 5.32 Å². The lowest BCUT2D eigenvalue weighted by Crippen LogP contribution is -2.14. The van der Waals surface area contributed by atoms with Gasteiger partial charge in [-0.05, 0) is 55.8 Å². The van der Waals surface area contributed by atoms with Crippen LogP contribution in [0.3, 0.4) is 0 Å². The Morgan fingerprint density at radius 3 is 2.68 bits per heavy atom. The molecule has 3 heteroatoms. The van der Waals surface area contributed by atoms with Gasteiger partial charge in [0, 0.05) is 20.3 Å². The van der Waals surface area contributed by atoms with Gasteiger partial charge in [-0.1, -0.05) is 35.3 Å². The summed E-state index contributed by atoms with van der Waals surface area (Å²) >= 11 is 5.42. The Labute approximate surface area is 128 Å². The van der Waals surface area contributed by atoms with Crippen LogP contribution in [0.25, 0.3) is 10.4 Å². The van der Waals surface area contributed by atoms with Crippen molar-refractivity contribution in [3.63, 3.8) is 0 Å². The fraction of sp³-hybridized carbons (Fsp3) is 0.375. The normalized spacial score (nSPS) is 12.6. The van der Waals surface area contributed by atoms with E-state index >= 15 is 0 Å². The number of hydrogen-bond acceptors (Lipinski definition) is 2. The molecule has 0 fully saturated rings. The fourth-order valence-corrected chi connectivity index (χ4v) is 4.02. The minimum absolute atomic E-state index is 0.486. The third-order valence-electron chi connectivity index (χ3n) is 3.35. The quantitative estimate of drug-likeness (QED) is 0.754. The number of benzene rings is 1. The van der Waals surface area contributed by atoms with Gasteiger partial charge >= 0.3 is 0 Å². The summed E-state index contributed by atoms with van der Waals surface area (Å²) in [5.41, 5.74) is 2.66. The molecule has 0 spiro atoms. The van der Waals surface area contributed by atoms with Gasteiger partial charge in [0.2, 0.25) is 0 Å². The molecule has 0 saturated heterocycles. The summed E-state index contributed by atoms with van der Waals surface area (Å²) in [7, 11) is 2.05. The molecule has 2 rings (SSSR count). The van der Waals surface area contributed by atoms with E-state index < -0.39 is 0 Å². The van der Waals surface area contributed by atoms with E-state index in [9.17, 15) is 0 Å². The van der Waals surface area contributed by atoms with E-state index in [4.69, 9.17) is 0 Å². The van der Waals surface area contributed by atoms with Crippen molar-refractivity contribution in [1.29, 1.82) is 0 Å². The minimum Gasteiger partial charge on any atom is -0.312 e. The lowest BCUT2D eigenvalue weighted by Gasteiger charge is -2.12. The minimum atomic E-state index is 0.486. The van der Waals surface area contributed by atoms with Crippen molar-refractivity contribution < 1.29 is 0 Å². The summed E-state index contributed by atoms with van der Waals surface area (Å²) in [6, 6.07) is 11.5. The first-order chi connectivity index (χ1) is 9.15. The Balaban J connectivity index is 2.29. The summed E-state index contributed by atoms with van der Waals surface area (Å²) in [4.78, 5) is 2.79. The van der Waals surface area contributed by atoms with Crippen molar-refractivity contribution >= 4 is 27.3 Å². The number of nitrogens with one attached hydrogen (secondary N) is 1. The van der Waals surface area contributed by atoms with Crippen molar-refractivity contribution in [2.24, 2.45) is 0 Å². The molecule has 2 aromatic rings. The maximum Gasteiger partial charge on any atom is 0.0412 e. The van der Waals surface area contributed by atoms with Crippen LogP contribution in [0.5, 0.6) is 0 Å². The first-order valence-electron chi connectivity index (χ1n) is 6.69. The molecular formula is C16H20BrNS. The third kappa shape index (κ3) is 3.47. The van der Waals surface area contributed by atoms with Crippen molar-refractivity contribution in [3.8, 4) is 10.4 Å². The molecule has 1 heterocycles. The summed E-state index contributed by atoms with van der Waals surface area (Å²) in [5, 5.41) is 3.41. The molecule has 0 amide bonds. The van der Waals surface area contributed by atoms with E-state index in [1.807, 2.05) is 18.4 Å². The molecule has 0 saturated carbocycles. The van der Waals surface area contributed by atoms with Gasteiger partial charge in [-0.2, -0.15) is 0 Å². The molecule has 1 N–H and O–H groups in total. The van der Waals surface area contributed by atoms with Crippen LogP contribution >= 0.6 is 27.3 Å². The molecule has 0 bridgehead atoms. The van der Waals surface area contributed by atoms with Gasteiger partial charge in [0.15, 0.2) is 0 Å². The van der Waals surface area contributed by atoms with Crippen LogP contribution in [0.2, 0.25) is 0 Å². The average molecular weight is 338 g/mol. The van der Waals surface area contributed by atoms with Crippen molar-refractivity contribution in [1.82, 2.24) is 5.32 Å². The van der Waals surface area contributed by atoms with E-state index in [1.54, 1.807) is 0 Å². The van der Waals surface area contributed by atoms with Crippen molar-refractivity contribution in [3.05, 3.63) is 45.2 Å². The van der Waals surface area contributed by atoms with E-state index in [1.165, 1.54) is 33.7 Å². The third-order valence-corrected chi connectivity index (χ3v) is 5.08. The molecule has 102 valence electrons. The fourth-order valence-electron chi connectivity index (χ4n) is 2.31. The molecule has 0 aliphatic carbocycles. The van der Waals surface area contributed by atoms with Crippen LogP contribution in [-0.4, -0.2) is 7.05 Å². The van der Waals surface area contributed by atoms with E-state index in [0.29, 0.717) is 6.04 Å². The van der Waals surface area contributed by atoms with Crippen LogP contribution in [-0.2, 0) is 0 Å². The number of thiophene rings is 1. The molecule has 1 aromatic carbocycles. The summed E-state index contributed by atoms with van der Waals surface area (Å²) < 4.78 is 1.14. The second kappa shape index (κ2) is 6.69. The standard InChI is InChI=1S/C16H20BrNS/c1-4-5-14(18-3)16-9-8-15(19-16)13-7-6-12(17)10-11(13)2/h6-10,14,18H,4-5H2,1-3H3. The van der Waals surface area contributed by atoms with Gasteiger partial charge in [-0.3, -0.25) is 0 Å². The lowest BCUT2D eigenvalue weighted by atomic mass is 10.1. The van der Waals surface area contributed by atoms with Crippen molar-refractivity contribution in [2.75, 3.05) is 7.05 Å². The van der Waals surface area contributed by atoms with Crippen molar-refractivity contribution in [2.45, 2.75) is 32.7 Å². The number of hydrogen-bond donors (Lipinski definition) is 1. The summed E-state index contributed by atoms with van der Waals surface area (Å²) in [6.45, 7) is 4.40. The topological polar surface area (TPSA) is 12.0 Å². The predicted molar refractivity (Wildman–Crippen MR) is 88.9 cm³/mol. The Kier molecular flexibility index (Phi) is 5.20. The highest BCUT2D eigenvalue weighted by Crippen LogP contribution is 2.35. The highest BCUT2D eigenvalue weighted by molar-refractivity contribution is 9.10. The molecule has 1 nitrogen and oxygen atoms in total. The second-order valence-corrected chi connectivity index (χ2v) is 6.82. The van der Waals surface area contributed by atoms with Crippen LogP contribution in [0.1, 0.15) is 36.2 Å². The Morgan fingerprint density at radius 2 is 2.05 bits per heavy atom. The zero-order chi connectivity index (χ0) is 13.8. The van der Waals surface area contributed by atoms with Gasteiger partial charge in [0.25, 0.3) is 0 Å². The average Bonchev–Trinajstić information content (AvgIpc) is 2.85. The first kappa shape index (κ1) is 14.8. The largest absolute Gasteiger partial charge is 0.312 e. The highest BCUT2D eigenvalue weighted by atomic mass is 79.9. The maximum absolute atomic E-state index is 3.52. The van der Waals surface area contributed by atoms with Gasteiger partial charge < -0.3 is 5.32 Å². The number of rotatable bonds is 5. The zero-order valence-corrected chi connectivity index (χ0v) is 14.1. The maximum atomic E-state index is 3.52. The number of aryl methyl sites for hydroxylation is 1. The smallest absolute Gasteiger partial charge is 0.0412 e. The molecule has 0 radical (unpaired) electrons. The predicted octanol–water partition coefficient (Wildman–Crippen LogP) is 5.55. The zero-order valence-electron chi connectivity index (χ0n) is 11.7. The van der Waals surface area contributed by atoms with Gasteiger partial charge in [-0.15, -0.1) is 11.3 Å². The molecule has 1 atom stereocenters. The molecule has 0 aliphatic rings. The molecule has 1 aromatic heterocycles. The monoisotopic (exact) mass is 337 g/mol. The highest BCUT2D eigenvalue weighted by Gasteiger charge is 2.12. The molecular weight excluding hydrogens is 318 g/mol. The van der Waals surface area contributed by atoms with Crippen LogP contribution in [0.15, 0.2) is 34.8 Å². The van der Waals surface area contributed by atoms with E-state index in [0.717, 1.165) is 4.47 Å². The van der Waals surface area contributed by atoms with Gasteiger partial charge in [-0.25, -0.2) is 0 Å². The van der Waals surface area contributed by atoms with Gasteiger partial charge in [0.05, 0.1) is 0 Å². The first-order valence-corrected chi connectivity index (χ1v) is 8.30. The van der Waals surface area contributed by atoms with Gasteiger partial charge in [0.1, 0.15) is 0 Å². The lowest BCUT2D eigenvalue weighted by molar-refractivity contribution is 0.550.